The predicted molar refractivity (Wildman–Crippen MR) is 87.0 cm³/mol. The number of amides is 1. The van der Waals surface area contributed by atoms with Crippen LogP contribution in [-0.2, 0) is 20.7 Å². The first-order chi connectivity index (χ1) is 12.0. The second-order valence-electron chi connectivity index (χ2n) is 6.25. The lowest BCUT2D eigenvalue weighted by atomic mass is 9.86. The summed E-state index contributed by atoms with van der Waals surface area (Å²) in [5.41, 5.74) is -0.0269. The molecular formula is C18H23F2NO4. The maximum atomic E-state index is 13.5. The van der Waals surface area contributed by atoms with Gasteiger partial charge in [-0.15, -0.1) is 0 Å². The van der Waals surface area contributed by atoms with Gasteiger partial charge in [-0.1, -0.05) is 6.07 Å². The standard InChI is InChI=1S/C18H23F2NO4/c19-15-4-2-5-16(20)13(15)3-1-6-17(22)21-11-14(18(23)24)12-7-9-25-10-8-12/h2,4-5,12,14H,1,3,6-11H2,(H,21,22)(H,23,24). The molecule has 1 aliphatic heterocycles. The lowest BCUT2D eigenvalue weighted by molar-refractivity contribution is -0.145. The monoisotopic (exact) mass is 355 g/mol. The fourth-order valence-electron chi connectivity index (χ4n) is 3.08. The molecule has 7 heteroatoms. The Morgan fingerprint density at radius 1 is 1.24 bits per heavy atom. The van der Waals surface area contributed by atoms with Crippen LogP contribution in [0.4, 0.5) is 8.78 Å². The first kappa shape index (κ1) is 19.3. The predicted octanol–water partition coefficient (Wildman–Crippen LogP) is 2.53. The highest BCUT2D eigenvalue weighted by Gasteiger charge is 2.29. The van der Waals surface area contributed by atoms with E-state index in [9.17, 15) is 23.5 Å². The van der Waals surface area contributed by atoms with Gasteiger partial charge in [0.2, 0.25) is 5.91 Å². The molecule has 1 heterocycles. The summed E-state index contributed by atoms with van der Waals surface area (Å²) in [5.74, 6) is -3.14. The Labute approximate surface area is 145 Å². The molecule has 1 aromatic rings. The van der Waals surface area contributed by atoms with Crippen molar-refractivity contribution in [1.82, 2.24) is 5.32 Å². The lowest BCUT2D eigenvalue weighted by Crippen LogP contribution is -2.38. The molecule has 1 saturated heterocycles. The third-order valence-corrected chi connectivity index (χ3v) is 4.56. The topological polar surface area (TPSA) is 75.6 Å². The molecule has 0 bridgehead atoms. The summed E-state index contributed by atoms with van der Waals surface area (Å²) in [6.07, 6.45) is 1.83. The molecule has 25 heavy (non-hydrogen) atoms. The maximum Gasteiger partial charge on any atom is 0.308 e. The molecule has 0 aromatic heterocycles. The van der Waals surface area contributed by atoms with Crippen molar-refractivity contribution in [2.24, 2.45) is 11.8 Å². The number of hydrogen-bond acceptors (Lipinski definition) is 3. The number of ether oxygens (including phenoxy) is 1. The highest BCUT2D eigenvalue weighted by Crippen LogP contribution is 2.23. The molecule has 1 atom stereocenters. The van der Waals surface area contributed by atoms with Crippen LogP contribution in [0.1, 0.15) is 31.2 Å². The number of benzene rings is 1. The van der Waals surface area contributed by atoms with E-state index >= 15 is 0 Å². The van der Waals surface area contributed by atoms with Crippen LogP contribution < -0.4 is 5.32 Å². The Hall–Kier alpha value is -2.02. The molecule has 0 radical (unpaired) electrons. The van der Waals surface area contributed by atoms with Gasteiger partial charge in [-0.3, -0.25) is 9.59 Å². The normalized spacial score (nSPS) is 16.4. The van der Waals surface area contributed by atoms with Crippen molar-refractivity contribution < 1.29 is 28.2 Å². The van der Waals surface area contributed by atoms with Crippen molar-refractivity contribution >= 4 is 11.9 Å². The Kier molecular flexibility index (Phi) is 7.31. The van der Waals surface area contributed by atoms with Gasteiger partial charge in [0.05, 0.1) is 5.92 Å². The van der Waals surface area contributed by atoms with Crippen LogP contribution in [0.25, 0.3) is 0 Å². The summed E-state index contributed by atoms with van der Waals surface area (Å²) in [6, 6.07) is 3.66. The van der Waals surface area contributed by atoms with Crippen LogP contribution in [0.2, 0.25) is 0 Å². The molecular weight excluding hydrogens is 332 g/mol. The van der Waals surface area contributed by atoms with Crippen LogP contribution in [-0.4, -0.2) is 36.7 Å². The molecule has 5 nitrogen and oxygen atoms in total. The Morgan fingerprint density at radius 3 is 2.48 bits per heavy atom. The van der Waals surface area contributed by atoms with Gasteiger partial charge in [-0.25, -0.2) is 8.78 Å². The van der Waals surface area contributed by atoms with Crippen LogP contribution in [0.15, 0.2) is 18.2 Å². The fraction of sp³-hybridized carbons (Fsp3) is 0.556. The van der Waals surface area contributed by atoms with E-state index in [1.165, 1.54) is 18.2 Å². The zero-order valence-electron chi connectivity index (χ0n) is 14.0. The molecule has 1 unspecified atom stereocenters. The first-order valence-corrected chi connectivity index (χ1v) is 8.49. The van der Waals surface area contributed by atoms with Gasteiger partial charge in [0.1, 0.15) is 11.6 Å². The number of carbonyl (C=O) groups is 2. The minimum absolute atomic E-state index is 0.0148. The molecule has 0 spiro atoms. The highest BCUT2D eigenvalue weighted by molar-refractivity contribution is 5.77. The number of aliphatic carboxylic acids is 1. The fourth-order valence-corrected chi connectivity index (χ4v) is 3.08. The van der Waals surface area contributed by atoms with Crippen molar-refractivity contribution in [1.29, 1.82) is 0 Å². The molecule has 1 amide bonds. The van der Waals surface area contributed by atoms with Gasteiger partial charge in [-0.2, -0.15) is 0 Å². The zero-order chi connectivity index (χ0) is 18.2. The van der Waals surface area contributed by atoms with E-state index in [-0.39, 0.29) is 36.8 Å². The Balaban J connectivity index is 1.76. The van der Waals surface area contributed by atoms with Crippen molar-refractivity contribution in [3.63, 3.8) is 0 Å². The number of rotatable bonds is 8. The summed E-state index contributed by atoms with van der Waals surface area (Å²) in [6.45, 7) is 1.14. The van der Waals surface area contributed by atoms with Crippen molar-refractivity contribution in [3.8, 4) is 0 Å². The maximum absolute atomic E-state index is 13.5. The van der Waals surface area contributed by atoms with E-state index in [1.807, 2.05) is 0 Å². The van der Waals surface area contributed by atoms with E-state index in [4.69, 9.17) is 4.74 Å². The van der Waals surface area contributed by atoms with Crippen molar-refractivity contribution in [2.75, 3.05) is 19.8 Å². The molecule has 138 valence electrons. The summed E-state index contributed by atoms with van der Waals surface area (Å²) >= 11 is 0. The largest absolute Gasteiger partial charge is 0.481 e. The molecule has 2 N–H and O–H groups in total. The van der Waals surface area contributed by atoms with E-state index in [2.05, 4.69) is 5.32 Å². The number of nitrogens with one attached hydrogen (secondary N) is 1. The van der Waals surface area contributed by atoms with Crippen LogP contribution in [0, 0.1) is 23.5 Å². The smallest absolute Gasteiger partial charge is 0.308 e. The van der Waals surface area contributed by atoms with E-state index < -0.39 is 23.5 Å². The SMILES string of the molecule is O=C(CCCc1c(F)cccc1F)NCC(C(=O)O)C1CCOCC1. The number of halogens is 2. The molecule has 1 fully saturated rings. The molecule has 1 aromatic carbocycles. The summed E-state index contributed by atoms with van der Waals surface area (Å²) in [5, 5.41) is 12.0. The number of carbonyl (C=O) groups excluding carboxylic acids is 1. The molecule has 2 rings (SSSR count). The average molecular weight is 355 g/mol. The third kappa shape index (κ3) is 5.77. The summed E-state index contributed by atoms with van der Waals surface area (Å²) in [7, 11) is 0. The minimum atomic E-state index is -0.930. The van der Waals surface area contributed by atoms with Crippen LogP contribution in [0.3, 0.4) is 0 Å². The Bertz CT molecular complexity index is 582. The average Bonchev–Trinajstić information content (AvgIpc) is 2.58. The zero-order valence-corrected chi connectivity index (χ0v) is 14.0. The Morgan fingerprint density at radius 2 is 1.88 bits per heavy atom. The van der Waals surface area contributed by atoms with Crippen molar-refractivity contribution in [2.45, 2.75) is 32.1 Å². The van der Waals surface area contributed by atoms with Gasteiger partial charge in [0, 0.05) is 31.7 Å². The quantitative estimate of drug-likeness (QED) is 0.751. The van der Waals surface area contributed by atoms with E-state index in [1.54, 1.807) is 0 Å². The van der Waals surface area contributed by atoms with E-state index in [0.29, 0.717) is 32.5 Å². The van der Waals surface area contributed by atoms with Gasteiger partial charge in [-0.05, 0) is 43.7 Å². The number of carboxylic acid groups (broad SMARTS) is 1. The highest BCUT2D eigenvalue weighted by atomic mass is 19.1. The van der Waals surface area contributed by atoms with Crippen LogP contribution >= 0.6 is 0 Å². The summed E-state index contributed by atoms with van der Waals surface area (Å²) < 4.78 is 32.2. The number of hydrogen-bond donors (Lipinski definition) is 2. The summed E-state index contributed by atoms with van der Waals surface area (Å²) in [4.78, 5) is 23.3. The van der Waals surface area contributed by atoms with E-state index in [0.717, 1.165) is 0 Å². The second kappa shape index (κ2) is 9.46. The first-order valence-electron chi connectivity index (χ1n) is 8.49. The molecule has 0 saturated carbocycles. The van der Waals surface area contributed by atoms with Crippen LogP contribution in [0.5, 0.6) is 0 Å². The molecule has 0 aliphatic carbocycles. The minimum Gasteiger partial charge on any atom is -0.481 e. The van der Waals surface area contributed by atoms with Gasteiger partial charge in [0.15, 0.2) is 0 Å². The third-order valence-electron chi connectivity index (χ3n) is 4.56. The van der Waals surface area contributed by atoms with Gasteiger partial charge >= 0.3 is 5.97 Å². The number of carboxylic acids is 1. The second-order valence-corrected chi connectivity index (χ2v) is 6.25. The van der Waals surface area contributed by atoms with Gasteiger partial charge < -0.3 is 15.2 Å². The van der Waals surface area contributed by atoms with Crippen molar-refractivity contribution in [3.05, 3.63) is 35.4 Å². The van der Waals surface area contributed by atoms with Gasteiger partial charge in [0.25, 0.3) is 0 Å². The lowest BCUT2D eigenvalue weighted by Gasteiger charge is -2.27. The molecule has 1 aliphatic rings.